The number of carbonyl (C=O) groups excluding carboxylic acids is 4. The van der Waals surface area contributed by atoms with E-state index in [0.717, 1.165) is 22.3 Å². The number of nitrogens with zero attached hydrogens (tertiary/aromatic N) is 3. The summed E-state index contributed by atoms with van der Waals surface area (Å²) in [5.41, 5.74) is 4.86. The van der Waals surface area contributed by atoms with Crippen LogP contribution in [0.15, 0.2) is 76.4 Å². The number of oxazole rings is 1. The number of ether oxygens (including phenoxy) is 2. The highest BCUT2D eigenvalue weighted by atomic mass is 32.1. The lowest BCUT2D eigenvalue weighted by molar-refractivity contribution is 0.0543. The van der Waals surface area contributed by atoms with Gasteiger partial charge in [0, 0.05) is 16.7 Å². The third-order valence-electron chi connectivity index (χ3n) is 8.33. The SMILES string of the molecule is C=CCOC(=O)c1csc([C@H](C)NC(=O)c2csc([C@H](C)NC(=O)c3nc(C(C)NC(=O)OCC4c5ccccc5-c5ccccc54)oc3C)n2)n1. The second-order valence-electron chi connectivity index (χ2n) is 12.1. The van der Waals surface area contributed by atoms with Crippen LogP contribution in [0.5, 0.6) is 0 Å². The summed E-state index contributed by atoms with van der Waals surface area (Å²) in [4.78, 5) is 64.1. The van der Waals surface area contributed by atoms with Crippen molar-refractivity contribution in [3.63, 3.8) is 0 Å². The van der Waals surface area contributed by atoms with Gasteiger partial charge in [-0.3, -0.25) is 9.59 Å². The van der Waals surface area contributed by atoms with Crippen LogP contribution in [-0.4, -0.2) is 52.0 Å². The molecule has 3 aromatic heterocycles. The van der Waals surface area contributed by atoms with E-state index in [1.54, 1.807) is 38.5 Å². The van der Waals surface area contributed by atoms with Crippen molar-refractivity contribution in [3.05, 3.63) is 122 Å². The van der Waals surface area contributed by atoms with Crippen molar-refractivity contribution in [2.24, 2.45) is 0 Å². The van der Waals surface area contributed by atoms with Crippen molar-refractivity contribution in [2.75, 3.05) is 13.2 Å². The number of rotatable bonds is 13. The summed E-state index contributed by atoms with van der Waals surface area (Å²) < 4.78 is 16.4. The lowest BCUT2D eigenvalue weighted by Gasteiger charge is -2.16. The molecule has 3 atom stereocenters. The molecule has 1 aliphatic rings. The minimum Gasteiger partial charge on any atom is -0.457 e. The van der Waals surface area contributed by atoms with Crippen LogP contribution < -0.4 is 16.0 Å². The van der Waals surface area contributed by atoms with Gasteiger partial charge >= 0.3 is 12.1 Å². The molecule has 13 nitrogen and oxygen atoms in total. The van der Waals surface area contributed by atoms with Crippen LogP contribution in [0.2, 0.25) is 0 Å². The van der Waals surface area contributed by atoms with Crippen LogP contribution in [0.25, 0.3) is 11.1 Å². The number of alkyl carbamates (subject to hydrolysis) is 1. The molecule has 0 spiro atoms. The molecule has 3 amide bonds. The van der Waals surface area contributed by atoms with Crippen molar-refractivity contribution in [1.29, 1.82) is 0 Å². The van der Waals surface area contributed by atoms with Gasteiger partial charge < -0.3 is 29.8 Å². The van der Waals surface area contributed by atoms with Gasteiger partial charge in [-0.2, -0.15) is 0 Å². The standard InChI is InChI=1S/C37H36N6O7S2/c1-6-15-48-36(46)29-18-52-35(42-29)20(3)38-31(44)28-17-51-34(41-28)21(4)39-32(45)30-22(5)50-33(43-30)19(2)40-37(47)49-16-27-25-13-9-7-11-23(25)24-12-8-10-14-26(24)27/h6-14,17-21,27H,1,15-16H2,2-5H3,(H,38,44)(H,39,45)(H,40,47)/t19?,20-,21-/m0/s1. The molecular formula is C37H36N6O7S2. The number of aryl methyl sites for hydroxylation is 1. The van der Waals surface area contributed by atoms with E-state index in [9.17, 15) is 19.2 Å². The van der Waals surface area contributed by atoms with Crippen molar-refractivity contribution < 1.29 is 33.1 Å². The van der Waals surface area contributed by atoms with Gasteiger partial charge in [0.2, 0.25) is 5.89 Å². The summed E-state index contributed by atoms with van der Waals surface area (Å²) in [5, 5.41) is 12.6. The van der Waals surface area contributed by atoms with Crippen molar-refractivity contribution in [3.8, 4) is 11.1 Å². The molecule has 1 aliphatic carbocycles. The molecule has 5 aromatic rings. The molecule has 0 fully saturated rings. The fourth-order valence-corrected chi connectivity index (χ4v) is 7.33. The molecule has 6 rings (SSSR count). The molecule has 0 aliphatic heterocycles. The zero-order valence-electron chi connectivity index (χ0n) is 28.8. The Balaban J connectivity index is 1.01. The number of esters is 1. The van der Waals surface area contributed by atoms with Gasteiger partial charge in [0.15, 0.2) is 11.4 Å². The summed E-state index contributed by atoms with van der Waals surface area (Å²) >= 11 is 2.44. The van der Waals surface area contributed by atoms with E-state index < -0.39 is 42.0 Å². The molecule has 3 heterocycles. The zero-order chi connectivity index (χ0) is 36.9. The Morgan fingerprint density at radius 3 is 2.02 bits per heavy atom. The van der Waals surface area contributed by atoms with E-state index >= 15 is 0 Å². The van der Waals surface area contributed by atoms with Crippen molar-refractivity contribution >= 4 is 46.6 Å². The average Bonchev–Trinajstić information content (AvgIpc) is 3.95. The highest BCUT2D eigenvalue weighted by Crippen LogP contribution is 2.44. The van der Waals surface area contributed by atoms with E-state index in [1.165, 1.54) is 28.7 Å². The maximum Gasteiger partial charge on any atom is 0.407 e. The third-order valence-corrected chi connectivity index (χ3v) is 10.4. The first-order valence-electron chi connectivity index (χ1n) is 16.4. The topological polar surface area (TPSA) is 175 Å². The number of benzene rings is 2. The van der Waals surface area contributed by atoms with Gasteiger partial charge in [-0.1, -0.05) is 61.2 Å². The number of carbonyl (C=O) groups is 4. The predicted molar refractivity (Wildman–Crippen MR) is 194 cm³/mol. The van der Waals surface area contributed by atoms with Crippen LogP contribution in [0.3, 0.4) is 0 Å². The number of thiazole rings is 2. The number of hydrogen-bond acceptors (Lipinski definition) is 12. The van der Waals surface area contributed by atoms with Crippen LogP contribution in [-0.2, 0) is 9.47 Å². The number of nitrogens with one attached hydrogen (secondary N) is 3. The highest BCUT2D eigenvalue weighted by Gasteiger charge is 2.30. The van der Waals surface area contributed by atoms with Gasteiger partial charge in [-0.05, 0) is 49.9 Å². The Morgan fingerprint density at radius 2 is 1.38 bits per heavy atom. The summed E-state index contributed by atoms with van der Waals surface area (Å²) in [6.07, 6.45) is 0.828. The lowest BCUT2D eigenvalue weighted by Crippen LogP contribution is -2.30. The average molecular weight is 741 g/mol. The fourth-order valence-electron chi connectivity index (χ4n) is 5.73. The van der Waals surface area contributed by atoms with Crippen LogP contribution in [0, 0.1) is 6.92 Å². The monoisotopic (exact) mass is 740 g/mol. The first-order chi connectivity index (χ1) is 25.0. The van der Waals surface area contributed by atoms with Crippen LogP contribution in [0.1, 0.15) is 109 Å². The number of fused-ring (bicyclic) bond motifs is 3. The molecule has 1 unspecified atom stereocenters. The maximum absolute atomic E-state index is 13.2. The maximum atomic E-state index is 13.2. The smallest absolute Gasteiger partial charge is 0.407 e. The first kappa shape index (κ1) is 36.1. The van der Waals surface area contributed by atoms with Crippen LogP contribution in [0.4, 0.5) is 4.79 Å². The van der Waals surface area contributed by atoms with Gasteiger partial charge in [0.05, 0.1) is 12.1 Å². The van der Waals surface area contributed by atoms with E-state index in [-0.39, 0.29) is 47.9 Å². The second kappa shape index (κ2) is 15.7. The van der Waals surface area contributed by atoms with E-state index in [1.807, 2.05) is 36.4 Å². The van der Waals surface area contributed by atoms with Gasteiger partial charge in [-0.15, -0.1) is 22.7 Å². The molecule has 0 saturated carbocycles. The van der Waals surface area contributed by atoms with Crippen LogP contribution >= 0.6 is 22.7 Å². The Bertz CT molecular complexity index is 2090. The summed E-state index contributed by atoms with van der Waals surface area (Å²) in [6, 6.07) is 14.4. The third kappa shape index (κ3) is 7.80. The van der Waals surface area contributed by atoms with E-state index in [4.69, 9.17) is 13.9 Å². The number of hydrogen-bond donors (Lipinski definition) is 3. The molecular weight excluding hydrogens is 705 g/mol. The number of aromatic nitrogens is 3. The molecule has 268 valence electrons. The molecule has 15 heteroatoms. The molecule has 0 bridgehead atoms. The van der Waals surface area contributed by atoms with Gasteiger partial charge in [0.1, 0.15) is 40.7 Å². The molecule has 3 N–H and O–H groups in total. The largest absolute Gasteiger partial charge is 0.457 e. The molecule has 52 heavy (non-hydrogen) atoms. The summed E-state index contributed by atoms with van der Waals surface area (Å²) in [7, 11) is 0. The first-order valence-corrected chi connectivity index (χ1v) is 18.2. The Kier molecular flexibility index (Phi) is 10.9. The summed E-state index contributed by atoms with van der Waals surface area (Å²) in [6.45, 7) is 10.5. The molecule has 0 saturated heterocycles. The molecule has 2 aromatic carbocycles. The Morgan fingerprint density at radius 1 is 0.808 bits per heavy atom. The molecule has 0 radical (unpaired) electrons. The quantitative estimate of drug-likeness (QED) is 0.0858. The fraction of sp³-hybridized carbons (Fsp3) is 0.270. The Hall–Kier alpha value is -5.67. The zero-order valence-corrected chi connectivity index (χ0v) is 30.4. The minimum absolute atomic E-state index is 0.0579. The number of amides is 3. The van der Waals surface area contributed by atoms with Crippen molar-refractivity contribution in [2.45, 2.75) is 51.7 Å². The van der Waals surface area contributed by atoms with E-state index in [2.05, 4.69) is 49.6 Å². The predicted octanol–water partition coefficient (Wildman–Crippen LogP) is 6.82. The van der Waals surface area contributed by atoms with E-state index in [0.29, 0.717) is 10.0 Å². The lowest BCUT2D eigenvalue weighted by atomic mass is 9.98. The van der Waals surface area contributed by atoms with Crippen molar-refractivity contribution in [1.82, 2.24) is 30.9 Å². The minimum atomic E-state index is -0.683. The highest BCUT2D eigenvalue weighted by molar-refractivity contribution is 7.10. The second-order valence-corrected chi connectivity index (χ2v) is 13.8. The van der Waals surface area contributed by atoms with Gasteiger partial charge in [-0.25, -0.2) is 24.5 Å². The summed E-state index contributed by atoms with van der Waals surface area (Å²) in [5.74, 6) is -1.18. The van der Waals surface area contributed by atoms with Gasteiger partial charge in [0.25, 0.3) is 11.8 Å². The normalized spacial score (nSPS) is 13.6. The Labute approximate surface area is 307 Å².